The topological polar surface area (TPSA) is 81.8 Å². The molecule has 4 aromatic rings. The highest BCUT2D eigenvalue weighted by atomic mass is 19.1. The molecule has 4 rings (SSSR count). The summed E-state index contributed by atoms with van der Waals surface area (Å²) in [7, 11) is 0. The van der Waals surface area contributed by atoms with Crippen molar-refractivity contribution < 1.29 is 9.18 Å². The summed E-state index contributed by atoms with van der Waals surface area (Å²) in [6.45, 7) is 2.90. The summed E-state index contributed by atoms with van der Waals surface area (Å²) in [5.41, 5.74) is 2.54. The maximum atomic E-state index is 13.4. The van der Waals surface area contributed by atoms with Gasteiger partial charge in [0.15, 0.2) is 5.65 Å². The number of carbonyl (C=O) groups excluding carboxylic acids is 1. The minimum absolute atomic E-state index is 0.170. The Morgan fingerprint density at radius 3 is 2.73 bits per heavy atom. The number of halogens is 1. The zero-order valence-electron chi connectivity index (χ0n) is 16.4. The summed E-state index contributed by atoms with van der Waals surface area (Å²) in [6, 6.07) is 13.4. The number of fused-ring (bicyclic) bond motifs is 1. The van der Waals surface area contributed by atoms with Gasteiger partial charge in [0.25, 0.3) is 11.5 Å². The maximum Gasteiger partial charge on any atom is 0.264 e. The maximum absolute atomic E-state index is 13.4. The molecule has 1 N–H and O–H groups in total. The fourth-order valence-corrected chi connectivity index (χ4v) is 3.19. The molecular weight excluding hydrogens is 385 g/mol. The van der Waals surface area contributed by atoms with Gasteiger partial charge in [-0.15, -0.1) is 0 Å². The molecule has 0 atom stereocenters. The monoisotopic (exact) mass is 405 g/mol. The van der Waals surface area contributed by atoms with E-state index in [0.29, 0.717) is 35.2 Å². The van der Waals surface area contributed by atoms with Crippen molar-refractivity contribution in [3.63, 3.8) is 0 Å². The molecule has 0 aliphatic rings. The third-order valence-corrected chi connectivity index (χ3v) is 4.79. The van der Waals surface area contributed by atoms with Crippen LogP contribution < -0.4 is 10.9 Å². The van der Waals surface area contributed by atoms with Gasteiger partial charge in [-0.3, -0.25) is 14.2 Å². The zero-order chi connectivity index (χ0) is 21.1. The molecule has 152 valence electrons. The average molecular weight is 405 g/mol. The van der Waals surface area contributed by atoms with Gasteiger partial charge in [0, 0.05) is 12.1 Å². The molecule has 0 aliphatic heterocycles. The summed E-state index contributed by atoms with van der Waals surface area (Å²) < 4.78 is 16.4. The number of aryl methyl sites for hydroxylation is 1. The first kappa shape index (κ1) is 19.5. The molecule has 8 heteroatoms. The Hall–Kier alpha value is -3.81. The first-order valence-corrected chi connectivity index (χ1v) is 9.51. The van der Waals surface area contributed by atoms with Crippen molar-refractivity contribution in [1.29, 1.82) is 0 Å². The van der Waals surface area contributed by atoms with Crippen LogP contribution in [-0.2, 0) is 13.1 Å². The standard InChI is InChI=1S/C22H20FN5O2/c1-15-5-7-17(8-6-15)21(29)24-9-10-28-20-19(12-26-28)22(30)27(14-25-20)13-16-3-2-4-18(23)11-16/h2-8,11-12,14H,9-10,13H2,1H3,(H,24,29). The summed E-state index contributed by atoms with van der Waals surface area (Å²) in [4.78, 5) is 29.3. The predicted molar refractivity (Wildman–Crippen MR) is 111 cm³/mol. The highest BCUT2D eigenvalue weighted by Gasteiger charge is 2.11. The Kier molecular flexibility index (Phi) is 5.38. The third-order valence-electron chi connectivity index (χ3n) is 4.79. The van der Waals surface area contributed by atoms with E-state index < -0.39 is 0 Å². The minimum atomic E-state index is -0.352. The molecule has 7 nitrogen and oxygen atoms in total. The van der Waals surface area contributed by atoms with Crippen molar-refractivity contribution in [2.24, 2.45) is 0 Å². The van der Waals surface area contributed by atoms with Crippen LogP contribution in [0.3, 0.4) is 0 Å². The van der Waals surface area contributed by atoms with Crippen LogP contribution in [0.2, 0.25) is 0 Å². The van der Waals surface area contributed by atoms with Crippen LogP contribution in [0, 0.1) is 12.7 Å². The van der Waals surface area contributed by atoms with Gasteiger partial charge < -0.3 is 5.32 Å². The van der Waals surface area contributed by atoms with Gasteiger partial charge in [-0.1, -0.05) is 29.8 Å². The molecule has 0 aliphatic carbocycles. The van der Waals surface area contributed by atoms with Gasteiger partial charge in [-0.25, -0.2) is 14.1 Å². The quantitative estimate of drug-likeness (QED) is 0.534. The van der Waals surface area contributed by atoms with Crippen LogP contribution in [0.4, 0.5) is 4.39 Å². The van der Waals surface area contributed by atoms with E-state index in [2.05, 4.69) is 15.4 Å². The highest BCUT2D eigenvalue weighted by Crippen LogP contribution is 2.08. The van der Waals surface area contributed by atoms with E-state index in [9.17, 15) is 14.0 Å². The molecule has 2 aromatic heterocycles. The summed E-state index contributed by atoms with van der Waals surface area (Å²) in [6.07, 6.45) is 2.90. The van der Waals surface area contributed by atoms with Crippen molar-refractivity contribution in [1.82, 2.24) is 24.6 Å². The largest absolute Gasteiger partial charge is 0.350 e. The van der Waals surface area contributed by atoms with Crippen molar-refractivity contribution in [2.75, 3.05) is 6.54 Å². The summed E-state index contributed by atoms with van der Waals surface area (Å²) in [5.74, 6) is -0.521. The molecule has 0 bridgehead atoms. The number of rotatable bonds is 6. The summed E-state index contributed by atoms with van der Waals surface area (Å²) >= 11 is 0. The lowest BCUT2D eigenvalue weighted by Gasteiger charge is -2.08. The number of nitrogens with zero attached hydrogens (tertiary/aromatic N) is 4. The van der Waals surface area contributed by atoms with Gasteiger partial charge in [-0.05, 0) is 36.8 Å². The van der Waals surface area contributed by atoms with E-state index in [1.807, 2.05) is 19.1 Å². The van der Waals surface area contributed by atoms with Crippen LogP contribution in [0.1, 0.15) is 21.5 Å². The van der Waals surface area contributed by atoms with Gasteiger partial charge in [0.2, 0.25) is 0 Å². The molecule has 2 heterocycles. The second kappa shape index (κ2) is 8.28. The molecule has 1 amide bonds. The third kappa shape index (κ3) is 4.12. The van der Waals surface area contributed by atoms with Crippen LogP contribution in [0.5, 0.6) is 0 Å². The van der Waals surface area contributed by atoms with E-state index in [0.717, 1.165) is 5.56 Å². The van der Waals surface area contributed by atoms with Crippen molar-refractivity contribution in [2.45, 2.75) is 20.0 Å². The molecule has 0 radical (unpaired) electrons. The summed E-state index contributed by atoms with van der Waals surface area (Å²) in [5, 5.41) is 7.44. The van der Waals surface area contributed by atoms with Crippen molar-refractivity contribution in [3.8, 4) is 0 Å². The van der Waals surface area contributed by atoms with Crippen LogP contribution in [-0.4, -0.2) is 31.8 Å². The molecule has 0 spiro atoms. The average Bonchev–Trinajstić information content (AvgIpc) is 3.14. The van der Waals surface area contributed by atoms with Gasteiger partial charge in [0.1, 0.15) is 17.5 Å². The number of benzene rings is 2. The predicted octanol–water partition coefficient (Wildman–Crippen LogP) is 2.52. The van der Waals surface area contributed by atoms with Gasteiger partial charge in [-0.2, -0.15) is 5.10 Å². The number of aromatic nitrogens is 4. The fourth-order valence-electron chi connectivity index (χ4n) is 3.19. The SMILES string of the molecule is Cc1ccc(C(=O)NCCn2ncc3c(=O)n(Cc4cccc(F)c4)cnc32)cc1. The molecule has 2 aromatic carbocycles. The Morgan fingerprint density at radius 2 is 1.97 bits per heavy atom. The number of nitrogens with one attached hydrogen (secondary N) is 1. The number of hydrogen-bond donors (Lipinski definition) is 1. The van der Waals surface area contributed by atoms with Gasteiger partial charge >= 0.3 is 0 Å². The second-order valence-electron chi connectivity index (χ2n) is 7.03. The molecule has 0 saturated heterocycles. The fraction of sp³-hybridized carbons (Fsp3) is 0.182. The Morgan fingerprint density at radius 1 is 1.17 bits per heavy atom. The van der Waals surface area contributed by atoms with Crippen LogP contribution >= 0.6 is 0 Å². The first-order valence-electron chi connectivity index (χ1n) is 9.51. The van der Waals surface area contributed by atoms with E-state index in [1.165, 1.54) is 29.2 Å². The lowest BCUT2D eigenvalue weighted by Crippen LogP contribution is -2.27. The van der Waals surface area contributed by atoms with E-state index >= 15 is 0 Å². The van der Waals surface area contributed by atoms with E-state index in [-0.39, 0.29) is 23.8 Å². The number of amides is 1. The zero-order valence-corrected chi connectivity index (χ0v) is 16.4. The smallest absolute Gasteiger partial charge is 0.264 e. The molecule has 0 fully saturated rings. The molecule has 0 saturated carbocycles. The van der Waals surface area contributed by atoms with Crippen molar-refractivity contribution in [3.05, 3.63) is 93.9 Å². The lowest BCUT2D eigenvalue weighted by atomic mass is 10.1. The molecule has 0 unspecified atom stereocenters. The number of carbonyl (C=O) groups is 1. The number of hydrogen-bond acceptors (Lipinski definition) is 4. The normalized spacial score (nSPS) is 11.0. The second-order valence-corrected chi connectivity index (χ2v) is 7.03. The lowest BCUT2D eigenvalue weighted by molar-refractivity contribution is 0.0952. The van der Waals surface area contributed by atoms with E-state index in [4.69, 9.17) is 0 Å². The molecule has 30 heavy (non-hydrogen) atoms. The Bertz CT molecular complexity index is 1260. The highest BCUT2D eigenvalue weighted by molar-refractivity contribution is 5.94. The van der Waals surface area contributed by atoms with Crippen molar-refractivity contribution >= 4 is 16.9 Å². The Balaban J connectivity index is 1.45. The van der Waals surface area contributed by atoms with Crippen LogP contribution in [0.25, 0.3) is 11.0 Å². The Labute approximate surface area is 171 Å². The minimum Gasteiger partial charge on any atom is -0.350 e. The van der Waals surface area contributed by atoms with E-state index in [1.54, 1.807) is 28.9 Å². The molecular formula is C22H20FN5O2. The van der Waals surface area contributed by atoms with Gasteiger partial charge in [0.05, 0.1) is 19.3 Å². The first-order chi connectivity index (χ1) is 14.5. The van der Waals surface area contributed by atoms with Crippen LogP contribution in [0.15, 0.2) is 65.8 Å².